The monoisotopic (exact) mass is 373 g/mol. The zero-order valence-corrected chi connectivity index (χ0v) is 14.9. The molecule has 0 bridgehead atoms. The number of hydrogen-bond acceptors (Lipinski definition) is 3. The van der Waals surface area contributed by atoms with Crippen LogP contribution in [0.25, 0.3) is 0 Å². The molecule has 8 heteroatoms. The number of ether oxygens (including phenoxy) is 1. The Hall–Kier alpha value is -2.25. The van der Waals surface area contributed by atoms with E-state index in [-0.39, 0.29) is 18.5 Å². The summed E-state index contributed by atoms with van der Waals surface area (Å²) in [6.45, 7) is 5.04. The van der Waals surface area contributed by atoms with Crippen LogP contribution in [0.4, 0.5) is 18.0 Å². The van der Waals surface area contributed by atoms with E-state index in [2.05, 4.69) is 0 Å². The fourth-order valence-corrected chi connectivity index (χ4v) is 3.21. The van der Waals surface area contributed by atoms with E-state index >= 15 is 0 Å². The van der Waals surface area contributed by atoms with Crippen molar-refractivity contribution in [1.82, 2.24) is 4.90 Å². The standard InChI is InChI=1S/C18H22F3NO4/c1-16(2,3)26-15(25)22-10-6-9-17(22,14(23)24)11-12-7-4-5-8-13(12)18(19,20)21/h4-5,7-8H,6,9-11H2,1-3H3,(H,23,24)/t17-/m1/s1. The van der Waals surface area contributed by atoms with Crippen LogP contribution >= 0.6 is 0 Å². The molecule has 26 heavy (non-hydrogen) atoms. The lowest BCUT2D eigenvalue weighted by Gasteiger charge is -2.36. The lowest BCUT2D eigenvalue weighted by Crippen LogP contribution is -2.55. The number of likely N-dealkylation sites (tertiary alicyclic amines) is 1. The molecule has 1 aliphatic rings. The second-order valence-corrected chi connectivity index (χ2v) is 7.40. The first-order valence-electron chi connectivity index (χ1n) is 8.26. The Balaban J connectivity index is 2.42. The molecular weight excluding hydrogens is 351 g/mol. The van der Waals surface area contributed by atoms with E-state index in [0.29, 0.717) is 6.42 Å². The molecule has 0 aromatic heterocycles. The van der Waals surface area contributed by atoms with Crippen molar-refractivity contribution in [2.45, 2.75) is 57.3 Å². The topological polar surface area (TPSA) is 66.8 Å². The van der Waals surface area contributed by atoms with Gasteiger partial charge in [0.05, 0.1) is 5.56 Å². The van der Waals surface area contributed by atoms with Crippen LogP contribution in [0.15, 0.2) is 24.3 Å². The summed E-state index contributed by atoms with van der Waals surface area (Å²) >= 11 is 0. The Labute approximate surface area is 149 Å². The lowest BCUT2D eigenvalue weighted by molar-refractivity contribution is -0.150. The highest BCUT2D eigenvalue weighted by Gasteiger charge is 2.52. The van der Waals surface area contributed by atoms with E-state index in [4.69, 9.17) is 4.74 Å². The van der Waals surface area contributed by atoms with Gasteiger partial charge in [-0.1, -0.05) is 18.2 Å². The third kappa shape index (κ3) is 4.11. The molecule has 1 atom stereocenters. The first-order valence-corrected chi connectivity index (χ1v) is 8.26. The van der Waals surface area contributed by atoms with Crippen molar-refractivity contribution in [2.75, 3.05) is 6.54 Å². The van der Waals surface area contributed by atoms with Gasteiger partial charge in [0.2, 0.25) is 0 Å². The average Bonchev–Trinajstić information content (AvgIpc) is 2.90. The molecule has 1 aromatic rings. The van der Waals surface area contributed by atoms with Crippen LogP contribution in [0, 0.1) is 0 Å². The number of halogens is 3. The summed E-state index contributed by atoms with van der Waals surface area (Å²) in [6, 6.07) is 4.84. The predicted molar refractivity (Wildman–Crippen MR) is 87.7 cm³/mol. The SMILES string of the molecule is CC(C)(C)OC(=O)N1CCC[C@@]1(Cc1ccccc1C(F)(F)F)C(=O)O. The number of nitrogens with zero attached hydrogens (tertiary/aromatic N) is 1. The molecule has 1 heterocycles. The first-order chi connectivity index (χ1) is 11.9. The highest BCUT2D eigenvalue weighted by molar-refractivity contribution is 5.85. The zero-order valence-electron chi connectivity index (χ0n) is 14.9. The molecule has 0 unspecified atom stereocenters. The quantitative estimate of drug-likeness (QED) is 0.866. The largest absolute Gasteiger partial charge is 0.479 e. The molecule has 5 nitrogen and oxygen atoms in total. The smallest absolute Gasteiger partial charge is 0.416 e. The number of carbonyl (C=O) groups excluding carboxylic acids is 1. The van der Waals surface area contributed by atoms with Gasteiger partial charge in [-0.25, -0.2) is 9.59 Å². The minimum Gasteiger partial charge on any atom is -0.479 e. The van der Waals surface area contributed by atoms with Crippen LogP contribution in [0.2, 0.25) is 0 Å². The minimum absolute atomic E-state index is 0.0633. The molecule has 1 aliphatic heterocycles. The van der Waals surface area contributed by atoms with Gasteiger partial charge in [-0.05, 0) is 45.2 Å². The Morgan fingerprint density at radius 3 is 2.38 bits per heavy atom. The second-order valence-electron chi connectivity index (χ2n) is 7.40. The normalized spacial score (nSPS) is 20.9. The van der Waals surface area contributed by atoms with Crippen LogP contribution in [0.1, 0.15) is 44.7 Å². The number of hydrogen-bond donors (Lipinski definition) is 1. The van der Waals surface area contributed by atoms with Crippen LogP contribution < -0.4 is 0 Å². The van der Waals surface area contributed by atoms with Crippen molar-refractivity contribution in [3.05, 3.63) is 35.4 Å². The maximum atomic E-state index is 13.3. The fraction of sp³-hybridized carbons (Fsp3) is 0.556. The molecule has 0 radical (unpaired) electrons. The summed E-state index contributed by atoms with van der Waals surface area (Å²) in [4.78, 5) is 25.6. The third-order valence-electron chi connectivity index (χ3n) is 4.31. The fourth-order valence-electron chi connectivity index (χ4n) is 3.21. The molecule has 0 spiro atoms. The Kier molecular flexibility index (Phi) is 5.26. The number of alkyl halides is 3. The molecule has 0 aliphatic carbocycles. The Morgan fingerprint density at radius 1 is 1.23 bits per heavy atom. The molecule has 1 N–H and O–H groups in total. The van der Waals surface area contributed by atoms with Crippen molar-refractivity contribution in [2.24, 2.45) is 0 Å². The van der Waals surface area contributed by atoms with Gasteiger partial charge in [-0.3, -0.25) is 4.90 Å². The summed E-state index contributed by atoms with van der Waals surface area (Å²) in [5.41, 5.74) is -3.65. The van der Waals surface area contributed by atoms with Crippen molar-refractivity contribution in [3.8, 4) is 0 Å². The summed E-state index contributed by atoms with van der Waals surface area (Å²) in [6.07, 6.45) is -5.43. The van der Waals surface area contributed by atoms with Crippen LogP contribution in [0.3, 0.4) is 0 Å². The molecule has 2 rings (SSSR count). The number of carboxylic acids is 1. The predicted octanol–water partition coefficient (Wildman–Crippen LogP) is 4.10. The van der Waals surface area contributed by atoms with Gasteiger partial charge in [0, 0.05) is 13.0 Å². The van der Waals surface area contributed by atoms with Gasteiger partial charge in [0.1, 0.15) is 11.1 Å². The number of aliphatic carboxylic acids is 1. The highest BCUT2D eigenvalue weighted by Crippen LogP contribution is 2.38. The maximum absolute atomic E-state index is 13.3. The van der Waals surface area contributed by atoms with Crippen molar-refractivity contribution in [3.63, 3.8) is 0 Å². The van der Waals surface area contributed by atoms with E-state index in [0.717, 1.165) is 11.0 Å². The number of amides is 1. The van der Waals surface area contributed by atoms with Gasteiger partial charge in [0.15, 0.2) is 0 Å². The maximum Gasteiger partial charge on any atom is 0.416 e. The van der Waals surface area contributed by atoms with Crippen molar-refractivity contribution in [1.29, 1.82) is 0 Å². The summed E-state index contributed by atoms with van der Waals surface area (Å²) < 4.78 is 45.1. The number of carboxylic acid groups (broad SMARTS) is 1. The molecule has 1 aromatic carbocycles. The van der Waals surface area contributed by atoms with Crippen LogP contribution in [-0.4, -0.2) is 39.8 Å². The molecule has 0 saturated carbocycles. The van der Waals surface area contributed by atoms with Gasteiger partial charge in [-0.15, -0.1) is 0 Å². The van der Waals surface area contributed by atoms with Crippen molar-refractivity contribution < 1.29 is 32.6 Å². The van der Waals surface area contributed by atoms with Crippen molar-refractivity contribution >= 4 is 12.1 Å². The number of rotatable bonds is 3. The van der Waals surface area contributed by atoms with Crippen LogP contribution in [-0.2, 0) is 22.1 Å². The highest BCUT2D eigenvalue weighted by atomic mass is 19.4. The number of benzene rings is 1. The molecule has 144 valence electrons. The third-order valence-corrected chi connectivity index (χ3v) is 4.31. The van der Waals surface area contributed by atoms with Gasteiger partial charge >= 0.3 is 18.2 Å². The van der Waals surface area contributed by atoms with E-state index < -0.39 is 41.4 Å². The van der Waals surface area contributed by atoms with Gasteiger partial charge in [-0.2, -0.15) is 13.2 Å². The van der Waals surface area contributed by atoms with E-state index in [1.165, 1.54) is 18.2 Å². The zero-order chi connectivity index (χ0) is 19.8. The van der Waals surface area contributed by atoms with Gasteiger partial charge in [0.25, 0.3) is 0 Å². The molecular formula is C18H22F3NO4. The lowest BCUT2D eigenvalue weighted by atomic mass is 9.86. The molecule has 1 saturated heterocycles. The summed E-state index contributed by atoms with van der Waals surface area (Å²) in [5.74, 6) is -1.34. The average molecular weight is 373 g/mol. The first kappa shape index (κ1) is 20.1. The van der Waals surface area contributed by atoms with Crippen LogP contribution in [0.5, 0.6) is 0 Å². The van der Waals surface area contributed by atoms with E-state index in [1.54, 1.807) is 20.8 Å². The summed E-state index contributed by atoms with van der Waals surface area (Å²) in [5, 5.41) is 9.81. The van der Waals surface area contributed by atoms with E-state index in [1.807, 2.05) is 0 Å². The van der Waals surface area contributed by atoms with E-state index in [9.17, 15) is 27.9 Å². The Morgan fingerprint density at radius 2 is 1.85 bits per heavy atom. The Bertz CT molecular complexity index is 696. The minimum atomic E-state index is -4.61. The molecule has 1 amide bonds. The summed E-state index contributed by atoms with van der Waals surface area (Å²) in [7, 11) is 0. The second kappa shape index (κ2) is 6.81. The number of carbonyl (C=O) groups is 2. The van der Waals surface area contributed by atoms with Gasteiger partial charge < -0.3 is 9.84 Å². The molecule has 1 fully saturated rings.